The van der Waals surface area contributed by atoms with Crippen LogP contribution in [0, 0.1) is 0 Å². The van der Waals surface area contributed by atoms with Crippen LogP contribution in [0.25, 0.3) is 33.4 Å². The predicted molar refractivity (Wildman–Crippen MR) is 297 cm³/mol. The van der Waals surface area contributed by atoms with Crippen LogP contribution in [-0.4, -0.2) is 101 Å². The molecule has 0 atom stereocenters. The molecule has 3 fully saturated rings. The quantitative estimate of drug-likeness (QED) is 0.0595. The van der Waals surface area contributed by atoms with Crippen LogP contribution in [0.1, 0.15) is 113 Å². The number of aliphatic hydroxyl groups excluding tert-OH is 3. The summed E-state index contributed by atoms with van der Waals surface area (Å²) < 4.78 is 16.1. The summed E-state index contributed by atoms with van der Waals surface area (Å²) in [5.74, 6) is 2.78. The van der Waals surface area contributed by atoms with Crippen LogP contribution < -0.4 is 30.6 Å². The number of aliphatic hydroxyl groups is 3. The summed E-state index contributed by atoms with van der Waals surface area (Å²) in [5.41, 5.74) is 15.1. The van der Waals surface area contributed by atoms with Gasteiger partial charge in [0.1, 0.15) is 23.0 Å². The van der Waals surface area contributed by atoms with Crippen LogP contribution in [0.4, 0.5) is 0 Å². The molecule has 0 spiro atoms. The van der Waals surface area contributed by atoms with Crippen molar-refractivity contribution in [1.82, 2.24) is 25.6 Å². The third-order valence-corrected chi connectivity index (χ3v) is 13.1. The predicted octanol–water partition coefficient (Wildman–Crippen LogP) is 10.2. The standard InChI is InChI=1S/C19H24N2O2.C19H22N2O2.C13H11NO2.C6H13NO.CH4O.2CH4/c2*1-23-19-7-2-15(14-8-10-20-11-9-14)12-16(19)13-21-17-3-5-18(22)6-4-17;1-16-13-3-2-11(8-12(13)9-15)10-4-6-14-7-5-10;7-5-1-3-6(8)4-2-5;1-2;;/h2,7-12,17-18,21-22H,3-6,13H2,1H3;2,7-12,17,21H,3-6,13H2,1H3;2-9H,1H3;5-6,8H,1-4,7H2;2H,1H3;2*1H4. The Bertz CT molecular complexity index is 2470. The summed E-state index contributed by atoms with van der Waals surface area (Å²) in [4.78, 5) is 34.3. The molecule has 0 amide bonds. The molecule has 14 heteroatoms. The second-order valence-electron chi connectivity index (χ2n) is 18.0. The molecule has 3 aliphatic rings. The third-order valence-electron chi connectivity index (χ3n) is 13.1. The lowest BCUT2D eigenvalue weighted by Gasteiger charge is -2.26. The molecule has 7 N–H and O–H groups in total. The highest BCUT2D eigenvalue weighted by molar-refractivity contribution is 5.83. The summed E-state index contributed by atoms with van der Waals surface area (Å²) in [6, 6.07) is 31.1. The van der Waals surface area contributed by atoms with Gasteiger partial charge < -0.3 is 45.9 Å². The monoisotopic (exact) mass is 1010 g/mol. The number of carbonyl (C=O) groups is 2. The Morgan fingerprint density at radius 3 is 1.23 bits per heavy atom. The largest absolute Gasteiger partial charge is 0.496 e. The number of hydrogen-bond donors (Lipinski definition) is 6. The minimum atomic E-state index is -0.113. The number of methoxy groups -OCH3 is 3. The molecule has 3 saturated carbocycles. The molecule has 3 aromatic heterocycles. The molecule has 0 radical (unpaired) electrons. The highest BCUT2D eigenvalue weighted by atomic mass is 16.5. The van der Waals surface area contributed by atoms with Crippen molar-refractivity contribution in [2.24, 2.45) is 5.73 Å². The second-order valence-corrected chi connectivity index (χ2v) is 18.0. The fourth-order valence-electron chi connectivity index (χ4n) is 8.87. The first kappa shape index (κ1) is 61.9. The molecule has 3 aromatic carbocycles. The number of ketones is 1. The third kappa shape index (κ3) is 20.1. The van der Waals surface area contributed by atoms with E-state index in [2.05, 4.69) is 49.9 Å². The molecular formula is C60H82N6O8. The number of aldehydes is 1. The van der Waals surface area contributed by atoms with E-state index in [0.717, 1.165) is 141 Å². The van der Waals surface area contributed by atoms with Gasteiger partial charge in [-0.05, 0) is 170 Å². The van der Waals surface area contributed by atoms with E-state index in [1.165, 1.54) is 5.56 Å². The van der Waals surface area contributed by atoms with Crippen molar-refractivity contribution in [1.29, 1.82) is 0 Å². The molecule has 6 aromatic rings. The summed E-state index contributed by atoms with van der Waals surface area (Å²) >= 11 is 0. The maximum absolute atomic E-state index is 11.3. The van der Waals surface area contributed by atoms with Crippen molar-refractivity contribution >= 4 is 12.1 Å². The minimum Gasteiger partial charge on any atom is -0.496 e. The van der Waals surface area contributed by atoms with E-state index in [1.807, 2.05) is 67.0 Å². The molecule has 0 bridgehead atoms. The van der Waals surface area contributed by atoms with Gasteiger partial charge in [-0.15, -0.1) is 0 Å². The van der Waals surface area contributed by atoms with E-state index in [0.29, 0.717) is 48.1 Å². The number of pyridine rings is 3. The molecule has 14 nitrogen and oxygen atoms in total. The summed E-state index contributed by atoms with van der Waals surface area (Å²) in [6.45, 7) is 1.53. The van der Waals surface area contributed by atoms with E-state index < -0.39 is 0 Å². The van der Waals surface area contributed by atoms with Gasteiger partial charge in [-0.1, -0.05) is 33.1 Å². The molecule has 0 unspecified atom stereocenters. The fourth-order valence-corrected chi connectivity index (χ4v) is 8.87. The second kappa shape index (κ2) is 34.2. The molecule has 9 rings (SSSR count). The van der Waals surface area contributed by atoms with E-state index in [9.17, 15) is 14.7 Å². The Balaban J connectivity index is 0.000000268. The highest BCUT2D eigenvalue weighted by Gasteiger charge is 2.21. The topological polar surface area (TPSA) is 211 Å². The Kier molecular flexibility index (Phi) is 28.6. The zero-order valence-electron chi connectivity index (χ0n) is 42.3. The molecule has 3 heterocycles. The van der Waals surface area contributed by atoms with Crippen molar-refractivity contribution in [3.8, 4) is 50.6 Å². The van der Waals surface area contributed by atoms with Crippen LogP contribution in [0.3, 0.4) is 0 Å². The average Bonchev–Trinajstić information content (AvgIpc) is 3.45. The Hall–Kier alpha value is -6.39. The number of Topliss-reactive ketones (excluding diaryl/α,β-unsaturated/α-hetero) is 1. The van der Waals surface area contributed by atoms with Gasteiger partial charge in [-0.2, -0.15) is 0 Å². The molecular weight excluding hydrogens is 933 g/mol. The number of carbonyl (C=O) groups excluding carboxylic acids is 2. The van der Waals surface area contributed by atoms with E-state index >= 15 is 0 Å². The Morgan fingerprint density at radius 1 is 0.514 bits per heavy atom. The number of benzene rings is 3. The van der Waals surface area contributed by atoms with Gasteiger partial charge in [0, 0.05) is 99.5 Å². The van der Waals surface area contributed by atoms with Crippen LogP contribution >= 0.6 is 0 Å². The van der Waals surface area contributed by atoms with Gasteiger partial charge in [0.05, 0.1) is 39.1 Å². The van der Waals surface area contributed by atoms with Crippen molar-refractivity contribution < 1.29 is 39.1 Å². The average molecular weight is 1020 g/mol. The zero-order chi connectivity index (χ0) is 51.5. The molecule has 0 saturated heterocycles. The summed E-state index contributed by atoms with van der Waals surface area (Å²) in [7, 11) is 5.96. The SMILES string of the molecule is C.C.CO.COc1ccc(-c2ccncc2)cc1C=O.COc1ccc(-c2ccncc2)cc1CNC1CCC(=O)CC1.COc1ccc(-c2ccncc2)cc1CNC1CCC(O)CC1.NC1CCC(O)CC1. The molecule has 0 aliphatic heterocycles. The molecule has 74 heavy (non-hydrogen) atoms. The Morgan fingerprint density at radius 2 is 0.865 bits per heavy atom. The van der Waals surface area contributed by atoms with Crippen LogP contribution in [0.5, 0.6) is 17.2 Å². The van der Waals surface area contributed by atoms with Gasteiger partial charge in [0.25, 0.3) is 0 Å². The number of rotatable bonds is 13. The van der Waals surface area contributed by atoms with Gasteiger partial charge in [0.2, 0.25) is 0 Å². The van der Waals surface area contributed by atoms with Gasteiger partial charge in [-0.3, -0.25) is 24.5 Å². The smallest absolute Gasteiger partial charge is 0.153 e. The highest BCUT2D eigenvalue weighted by Crippen LogP contribution is 2.30. The zero-order valence-corrected chi connectivity index (χ0v) is 42.3. The van der Waals surface area contributed by atoms with Crippen molar-refractivity contribution in [3.05, 3.63) is 145 Å². The van der Waals surface area contributed by atoms with E-state index in [4.69, 9.17) is 30.2 Å². The van der Waals surface area contributed by atoms with Crippen LogP contribution in [0.15, 0.2) is 128 Å². The van der Waals surface area contributed by atoms with E-state index in [-0.39, 0.29) is 27.1 Å². The molecule has 3 aliphatic carbocycles. The van der Waals surface area contributed by atoms with Crippen LogP contribution in [-0.2, 0) is 17.9 Å². The number of nitrogens with one attached hydrogen (secondary N) is 2. The van der Waals surface area contributed by atoms with Crippen molar-refractivity contribution in [2.45, 2.75) is 135 Å². The normalized spacial score (nSPS) is 17.9. The lowest BCUT2D eigenvalue weighted by atomic mass is 9.93. The van der Waals surface area contributed by atoms with Gasteiger partial charge >= 0.3 is 0 Å². The van der Waals surface area contributed by atoms with Crippen molar-refractivity contribution in [2.75, 3.05) is 28.4 Å². The first-order valence-electron chi connectivity index (χ1n) is 24.9. The lowest BCUT2D eigenvalue weighted by molar-refractivity contribution is -0.120. The van der Waals surface area contributed by atoms with Crippen molar-refractivity contribution in [3.63, 3.8) is 0 Å². The van der Waals surface area contributed by atoms with Crippen LogP contribution in [0.2, 0.25) is 0 Å². The number of hydrogen-bond acceptors (Lipinski definition) is 14. The summed E-state index contributed by atoms with van der Waals surface area (Å²) in [6.07, 6.45) is 22.2. The molecule has 400 valence electrons. The van der Waals surface area contributed by atoms with Gasteiger partial charge in [-0.25, -0.2) is 0 Å². The maximum atomic E-state index is 11.3. The number of ether oxygens (including phenoxy) is 3. The lowest BCUT2D eigenvalue weighted by Crippen LogP contribution is -2.34. The first-order valence-corrected chi connectivity index (χ1v) is 24.9. The fraction of sp³-hybridized carbons (Fsp3) is 0.417. The van der Waals surface area contributed by atoms with E-state index in [1.54, 1.807) is 58.2 Å². The van der Waals surface area contributed by atoms with Gasteiger partial charge in [0.15, 0.2) is 6.29 Å². The first-order chi connectivity index (χ1) is 35.2. The maximum Gasteiger partial charge on any atom is 0.153 e. The number of nitrogens with zero attached hydrogens (tertiary/aromatic N) is 3. The number of aromatic nitrogens is 3. The minimum absolute atomic E-state index is 0. The number of nitrogens with two attached hydrogens (primary N) is 1. The Labute approximate surface area is 440 Å². The summed E-state index contributed by atoms with van der Waals surface area (Å²) in [5, 5.41) is 32.8.